The number of likely N-dealkylation sites (tertiary alicyclic amines) is 1. The van der Waals surface area contributed by atoms with Gasteiger partial charge in [-0.25, -0.2) is 0 Å². The van der Waals surface area contributed by atoms with Gasteiger partial charge in [0.05, 0.1) is 29.8 Å². The second-order valence-electron chi connectivity index (χ2n) is 6.99. The Hall–Kier alpha value is -2.75. The van der Waals surface area contributed by atoms with Gasteiger partial charge in [0.1, 0.15) is 0 Å². The molecule has 6 nitrogen and oxygen atoms in total. The van der Waals surface area contributed by atoms with Crippen molar-refractivity contribution in [2.24, 2.45) is 5.92 Å². The van der Waals surface area contributed by atoms with Crippen LogP contribution in [0, 0.1) is 27.4 Å². The number of hydrogen-bond donors (Lipinski definition) is 0. The van der Waals surface area contributed by atoms with Crippen LogP contribution in [-0.4, -0.2) is 29.5 Å². The van der Waals surface area contributed by atoms with E-state index in [1.54, 1.807) is 24.3 Å². The summed E-state index contributed by atoms with van der Waals surface area (Å²) in [6.45, 7) is 3.93. The van der Waals surface area contributed by atoms with Crippen molar-refractivity contribution in [3.05, 3.63) is 75.3 Å². The third-order valence-corrected chi connectivity index (χ3v) is 4.84. The molecule has 6 heteroatoms. The van der Waals surface area contributed by atoms with Crippen molar-refractivity contribution in [2.75, 3.05) is 19.7 Å². The zero-order valence-electron chi connectivity index (χ0n) is 15.2. The fraction of sp³-hybridized carbons (Fsp3) is 0.381. The molecule has 0 aliphatic carbocycles. The number of hydrogen-bond acceptors (Lipinski definition) is 5. The summed E-state index contributed by atoms with van der Waals surface area (Å²) < 4.78 is 5.88. The molecule has 0 saturated carbocycles. The average Bonchev–Trinajstić information content (AvgIpc) is 2.69. The quantitative estimate of drug-likeness (QED) is 0.549. The molecule has 3 rings (SSSR count). The van der Waals surface area contributed by atoms with Gasteiger partial charge < -0.3 is 4.74 Å². The van der Waals surface area contributed by atoms with E-state index in [9.17, 15) is 10.1 Å². The summed E-state index contributed by atoms with van der Waals surface area (Å²) in [5, 5.41) is 19.8. The summed E-state index contributed by atoms with van der Waals surface area (Å²) in [7, 11) is 0. The lowest BCUT2D eigenvalue weighted by Gasteiger charge is -2.32. The Morgan fingerprint density at radius 1 is 1.22 bits per heavy atom. The van der Waals surface area contributed by atoms with Crippen LogP contribution in [0.2, 0.25) is 0 Å². The van der Waals surface area contributed by atoms with Crippen LogP contribution < -0.4 is 0 Å². The van der Waals surface area contributed by atoms with Crippen LogP contribution in [0.15, 0.2) is 48.5 Å². The van der Waals surface area contributed by atoms with E-state index in [-0.39, 0.29) is 10.6 Å². The summed E-state index contributed by atoms with van der Waals surface area (Å²) in [6, 6.07) is 16.4. The monoisotopic (exact) mass is 365 g/mol. The van der Waals surface area contributed by atoms with Gasteiger partial charge in [-0.1, -0.05) is 24.3 Å². The molecule has 1 fully saturated rings. The van der Waals surface area contributed by atoms with E-state index in [2.05, 4.69) is 11.0 Å². The Morgan fingerprint density at radius 3 is 2.78 bits per heavy atom. The minimum atomic E-state index is -0.348. The number of non-ortho nitro benzene ring substituents is 1. The minimum Gasteiger partial charge on any atom is -0.376 e. The highest BCUT2D eigenvalue weighted by Crippen LogP contribution is 2.21. The molecule has 0 spiro atoms. The van der Waals surface area contributed by atoms with E-state index in [0.717, 1.165) is 43.6 Å². The van der Waals surface area contributed by atoms with Crippen LogP contribution in [0.4, 0.5) is 5.69 Å². The molecule has 0 N–H and O–H groups in total. The number of nitriles is 1. The molecule has 1 saturated heterocycles. The molecule has 1 unspecified atom stereocenters. The molecule has 1 heterocycles. The maximum atomic E-state index is 10.9. The zero-order valence-corrected chi connectivity index (χ0v) is 15.2. The van der Waals surface area contributed by atoms with Gasteiger partial charge in [-0.2, -0.15) is 5.26 Å². The first-order valence-corrected chi connectivity index (χ1v) is 9.16. The van der Waals surface area contributed by atoms with Gasteiger partial charge in [0, 0.05) is 25.2 Å². The molecule has 27 heavy (non-hydrogen) atoms. The first kappa shape index (κ1) is 19.0. The number of nitro benzene ring substituents is 1. The Labute approximate surface area is 159 Å². The molecule has 0 radical (unpaired) electrons. The second kappa shape index (κ2) is 9.26. The van der Waals surface area contributed by atoms with Crippen LogP contribution >= 0.6 is 0 Å². The first-order chi connectivity index (χ1) is 13.1. The molecule has 0 amide bonds. The fourth-order valence-electron chi connectivity index (χ4n) is 3.48. The molecule has 0 bridgehead atoms. The largest absolute Gasteiger partial charge is 0.376 e. The Kier molecular flexibility index (Phi) is 6.53. The van der Waals surface area contributed by atoms with Crippen LogP contribution in [0.3, 0.4) is 0 Å². The molecule has 1 atom stereocenters. The zero-order chi connectivity index (χ0) is 19.1. The maximum absolute atomic E-state index is 10.9. The molecule has 140 valence electrons. The van der Waals surface area contributed by atoms with Crippen LogP contribution in [0.1, 0.15) is 29.5 Å². The number of rotatable bonds is 7. The lowest BCUT2D eigenvalue weighted by molar-refractivity contribution is -0.384. The molecular weight excluding hydrogens is 342 g/mol. The predicted octanol–water partition coefficient (Wildman–Crippen LogP) is 3.90. The van der Waals surface area contributed by atoms with Gasteiger partial charge in [0.15, 0.2) is 0 Å². The van der Waals surface area contributed by atoms with Gasteiger partial charge in [0.2, 0.25) is 0 Å². The molecule has 1 aliphatic heterocycles. The van der Waals surface area contributed by atoms with E-state index in [1.165, 1.54) is 6.07 Å². The van der Waals surface area contributed by atoms with Gasteiger partial charge in [-0.15, -0.1) is 0 Å². The average molecular weight is 365 g/mol. The lowest BCUT2D eigenvalue weighted by atomic mass is 9.98. The number of ether oxygens (including phenoxy) is 1. The van der Waals surface area contributed by atoms with Crippen molar-refractivity contribution in [1.82, 2.24) is 4.90 Å². The van der Waals surface area contributed by atoms with Gasteiger partial charge in [-0.3, -0.25) is 15.0 Å². The molecular formula is C21H23N3O3. The highest BCUT2D eigenvalue weighted by molar-refractivity contribution is 5.34. The maximum Gasteiger partial charge on any atom is 0.269 e. The van der Waals surface area contributed by atoms with Gasteiger partial charge in [0.25, 0.3) is 5.69 Å². The van der Waals surface area contributed by atoms with Crippen LogP contribution in [-0.2, 0) is 17.9 Å². The normalized spacial score (nSPS) is 17.4. The van der Waals surface area contributed by atoms with Crippen LogP contribution in [0.5, 0.6) is 0 Å². The number of nitrogens with zero attached hydrogens (tertiary/aromatic N) is 3. The molecule has 2 aromatic rings. The summed E-state index contributed by atoms with van der Waals surface area (Å²) >= 11 is 0. The SMILES string of the molecule is N#Cc1ccc(COCC2CCCN(Cc3cccc([N+](=O)[O-])c3)C2)cc1. The van der Waals surface area contributed by atoms with Gasteiger partial charge >= 0.3 is 0 Å². The van der Waals surface area contributed by atoms with E-state index >= 15 is 0 Å². The molecule has 0 aromatic heterocycles. The highest BCUT2D eigenvalue weighted by Gasteiger charge is 2.20. The third kappa shape index (κ3) is 5.61. The molecule has 1 aliphatic rings. The minimum absolute atomic E-state index is 0.145. The van der Waals surface area contributed by atoms with Crippen molar-refractivity contribution in [3.8, 4) is 6.07 Å². The number of nitro groups is 1. The van der Waals surface area contributed by atoms with E-state index in [1.807, 2.05) is 18.2 Å². The number of piperidine rings is 1. The van der Waals surface area contributed by atoms with Crippen molar-refractivity contribution in [2.45, 2.75) is 26.0 Å². The predicted molar refractivity (Wildman–Crippen MR) is 102 cm³/mol. The van der Waals surface area contributed by atoms with E-state index < -0.39 is 0 Å². The van der Waals surface area contributed by atoms with E-state index in [4.69, 9.17) is 10.00 Å². The molecule has 2 aromatic carbocycles. The Bertz CT molecular complexity index is 814. The van der Waals surface area contributed by atoms with Gasteiger partial charge in [-0.05, 0) is 48.6 Å². The standard InChI is InChI=1S/C21H23N3O3/c22-12-17-6-8-18(9-7-17)15-27-16-20-4-2-10-23(14-20)13-19-3-1-5-21(11-19)24(25)26/h1,3,5-9,11,20H,2,4,10,13-16H2. The Morgan fingerprint density at radius 2 is 2.04 bits per heavy atom. The van der Waals surface area contributed by atoms with Crippen molar-refractivity contribution in [3.63, 3.8) is 0 Å². The Balaban J connectivity index is 1.47. The third-order valence-electron chi connectivity index (χ3n) is 4.84. The topological polar surface area (TPSA) is 79.4 Å². The summed E-state index contributed by atoms with van der Waals surface area (Å²) in [5.74, 6) is 0.468. The smallest absolute Gasteiger partial charge is 0.269 e. The summed E-state index contributed by atoms with van der Waals surface area (Å²) in [5.41, 5.74) is 2.84. The number of benzene rings is 2. The fourth-order valence-corrected chi connectivity index (χ4v) is 3.48. The highest BCUT2D eigenvalue weighted by atomic mass is 16.6. The van der Waals surface area contributed by atoms with E-state index in [0.29, 0.717) is 24.7 Å². The summed E-state index contributed by atoms with van der Waals surface area (Å²) in [6.07, 6.45) is 2.25. The van der Waals surface area contributed by atoms with Crippen molar-refractivity contribution in [1.29, 1.82) is 5.26 Å². The van der Waals surface area contributed by atoms with Crippen molar-refractivity contribution >= 4 is 5.69 Å². The van der Waals surface area contributed by atoms with Crippen molar-refractivity contribution < 1.29 is 9.66 Å². The first-order valence-electron chi connectivity index (χ1n) is 9.16. The summed E-state index contributed by atoms with van der Waals surface area (Å²) in [4.78, 5) is 12.9. The van der Waals surface area contributed by atoms with Crippen LogP contribution in [0.25, 0.3) is 0 Å². The second-order valence-corrected chi connectivity index (χ2v) is 6.99. The lowest BCUT2D eigenvalue weighted by Crippen LogP contribution is -2.36.